The minimum atomic E-state index is -0.797. The summed E-state index contributed by atoms with van der Waals surface area (Å²) in [4.78, 5) is 29.9. The normalized spacial score (nSPS) is 21.2. The van der Waals surface area contributed by atoms with Crippen LogP contribution in [-0.2, 0) is 21.4 Å². The topological polar surface area (TPSA) is 87.9 Å². The molecular formula is C24H29FN4O4. The highest BCUT2D eigenvalue weighted by Gasteiger charge is 2.46. The van der Waals surface area contributed by atoms with Crippen LogP contribution in [0.1, 0.15) is 35.0 Å². The van der Waals surface area contributed by atoms with E-state index in [1.807, 2.05) is 0 Å². The van der Waals surface area contributed by atoms with E-state index >= 15 is 0 Å². The molecular weight excluding hydrogens is 427 g/mol. The largest absolute Gasteiger partial charge is 0.507 e. The molecule has 3 heterocycles. The highest BCUT2D eigenvalue weighted by Crippen LogP contribution is 2.40. The number of Topliss-reactive ketones (excluding diaryl/α,β-unsaturated/α-hetero) is 1. The lowest BCUT2D eigenvalue weighted by Gasteiger charge is -2.29. The minimum Gasteiger partial charge on any atom is -0.507 e. The number of aliphatic hydroxyl groups is 1. The number of aromatic nitrogens is 2. The Morgan fingerprint density at radius 3 is 2.42 bits per heavy atom. The first kappa shape index (κ1) is 23.1. The summed E-state index contributed by atoms with van der Waals surface area (Å²) in [7, 11) is 1.75. The number of hydrogen-bond donors (Lipinski definition) is 1. The quantitative estimate of drug-likeness (QED) is 0.408. The molecule has 1 aromatic carbocycles. The SMILES string of the molecule is Cc1nn(C)c(C)c1/C(O)=C1\C(=O)C(=O)N(CCCN2CCOCC2)C1c1ccc(F)cc1. The molecule has 1 amide bonds. The number of carbonyl (C=O) groups excluding carboxylic acids is 2. The summed E-state index contributed by atoms with van der Waals surface area (Å²) in [6.45, 7) is 7.68. The molecule has 0 spiro atoms. The van der Waals surface area contributed by atoms with Crippen LogP contribution in [0.25, 0.3) is 5.76 Å². The lowest BCUT2D eigenvalue weighted by atomic mass is 9.94. The second-order valence-electron chi connectivity index (χ2n) is 8.52. The number of aryl methyl sites for hydroxylation is 2. The van der Waals surface area contributed by atoms with Gasteiger partial charge in [-0.3, -0.25) is 19.2 Å². The van der Waals surface area contributed by atoms with Gasteiger partial charge in [0.1, 0.15) is 11.6 Å². The molecule has 2 aromatic rings. The third-order valence-corrected chi connectivity index (χ3v) is 6.45. The summed E-state index contributed by atoms with van der Waals surface area (Å²) in [5.74, 6) is -2.06. The van der Waals surface area contributed by atoms with E-state index in [-0.39, 0.29) is 11.3 Å². The first-order valence-corrected chi connectivity index (χ1v) is 11.1. The predicted octanol–water partition coefficient (Wildman–Crippen LogP) is 2.32. The lowest BCUT2D eigenvalue weighted by molar-refractivity contribution is -0.140. The summed E-state index contributed by atoms with van der Waals surface area (Å²) >= 11 is 0. The third-order valence-electron chi connectivity index (χ3n) is 6.45. The highest BCUT2D eigenvalue weighted by atomic mass is 19.1. The van der Waals surface area contributed by atoms with Gasteiger partial charge in [-0.25, -0.2) is 4.39 Å². The molecule has 176 valence electrons. The predicted molar refractivity (Wildman–Crippen MR) is 120 cm³/mol. The van der Waals surface area contributed by atoms with Gasteiger partial charge >= 0.3 is 0 Å². The minimum absolute atomic E-state index is 0.0113. The Morgan fingerprint density at radius 2 is 1.82 bits per heavy atom. The molecule has 0 bridgehead atoms. The molecule has 0 radical (unpaired) electrons. The van der Waals surface area contributed by atoms with Crippen LogP contribution in [0.5, 0.6) is 0 Å². The summed E-state index contributed by atoms with van der Waals surface area (Å²) in [5.41, 5.74) is 2.26. The van der Waals surface area contributed by atoms with E-state index in [0.717, 1.165) is 19.6 Å². The first-order chi connectivity index (χ1) is 15.8. The van der Waals surface area contributed by atoms with Crippen molar-refractivity contribution in [3.8, 4) is 0 Å². The van der Waals surface area contributed by atoms with Gasteiger partial charge in [0.15, 0.2) is 0 Å². The number of ether oxygens (including phenoxy) is 1. The van der Waals surface area contributed by atoms with Gasteiger partial charge in [-0.2, -0.15) is 5.10 Å². The van der Waals surface area contributed by atoms with Crippen LogP contribution in [0.4, 0.5) is 4.39 Å². The fourth-order valence-corrected chi connectivity index (χ4v) is 4.64. The molecule has 2 aliphatic heterocycles. The molecule has 1 atom stereocenters. The Labute approximate surface area is 192 Å². The van der Waals surface area contributed by atoms with Gasteiger partial charge in [-0.1, -0.05) is 12.1 Å². The molecule has 33 heavy (non-hydrogen) atoms. The van der Waals surface area contributed by atoms with Crippen molar-refractivity contribution in [2.75, 3.05) is 39.4 Å². The van der Waals surface area contributed by atoms with E-state index in [2.05, 4.69) is 10.00 Å². The second-order valence-corrected chi connectivity index (χ2v) is 8.52. The lowest BCUT2D eigenvalue weighted by Crippen LogP contribution is -2.38. The Morgan fingerprint density at radius 1 is 1.15 bits per heavy atom. The maximum Gasteiger partial charge on any atom is 0.295 e. The number of benzene rings is 1. The van der Waals surface area contributed by atoms with Gasteiger partial charge in [0.05, 0.1) is 36.1 Å². The molecule has 9 heteroatoms. The van der Waals surface area contributed by atoms with Crippen LogP contribution in [-0.4, -0.2) is 75.8 Å². The number of ketones is 1. The molecule has 1 aromatic heterocycles. The first-order valence-electron chi connectivity index (χ1n) is 11.1. The monoisotopic (exact) mass is 456 g/mol. The molecule has 1 unspecified atom stereocenters. The molecule has 2 fully saturated rings. The van der Waals surface area contributed by atoms with Crippen LogP contribution in [0.2, 0.25) is 0 Å². The Hall–Kier alpha value is -3.04. The van der Waals surface area contributed by atoms with Crippen LogP contribution in [0.15, 0.2) is 29.8 Å². The zero-order valence-electron chi connectivity index (χ0n) is 19.2. The number of rotatable bonds is 6. The molecule has 8 nitrogen and oxygen atoms in total. The van der Waals surface area contributed by atoms with Crippen molar-refractivity contribution in [2.24, 2.45) is 7.05 Å². The average Bonchev–Trinajstić information content (AvgIpc) is 3.20. The van der Waals surface area contributed by atoms with Gasteiger partial charge < -0.3 is 14.7 Å². The van der Waals surface area contributed by atoms with Gasteiger partial charge in [-0.05, 0) is 38.0 Å². The number of likely N-dealkylation sites (tertiary alicyclic amines) is 1. The van der Waals surface area contributed by atoms with Crippen molar-refractivity contribution in [1.82, 2.24) is 19.6 Å². The summed E-state index contributed by atoms with van der Waals surface area (Å²) < 4.78 is 20.6. The van der Waals surface area contributed by atoms with Crippen molar-refractivity contribution in [3.05, 3.63) is 58.2 Å². The van der Waals surface area contributed by atoms with Crippen LogP contribution in [0.3, 0.4) is 0 Å². The van der Waals surface area contributed by atoms with Gasteiger partial charge in [0, 0.05) is 38.9 Å². The smallest absolute Gasteiger partial charge is 0.295 e. The van der Waals surface area contributed by atoms with E-state index in [1.165, 1.54) is 17.0 Å². The molecule has 2 saturated heterocycles. The van der Waals surface area contributed by atoms with Crippen molar-refractivity contribution in [2.45, 2.75) is 26.3 Å². The standard InChI is InChI=1S/C24H29FN4O4/c1-15-19(16(2)27(3)26-15)22(30)20-21(17-5-7-18(25)8-6-17)29(24(32)23(20)31)10-4-9-28-11-13-33-14-12-28/h5-8,21,30H,4,9-14H2,1-3H3/b22-20+. The van der Waals surface area contributed by atoms with E-state index in [9.17, 15) is 19.1 Å². The van der Waals surface area contributed by atoms with E-state index < -0.39 is 23.5 Å². The van der Waals surface area contributed by atoms with Crippen LogP contribution >= 0.6 is 0 Å². The highest BCUT2D eigenvalue weighted by molar-refractivity contribution is 6.46. The number of aliphatic hydroxyl groups excluding tert-OH is 1. The van der Waals surface area contributed by atoms with E-state index in [0.29, 0.717) is 48.7 Å². The average molecular weight is 457 g/mol. The number of nitrogens with zero attached hydrogens (tertiary/aromatic N) is 4. The van der Waals surface area contributed by atoms with Crippen molar-refractivity contribution in [3.63, 3.8) is 0 Å². The van der Waals surface area contributed by atoms with Crippen molar-refractivity contribution >= 4 is 17.4 Å². The van der Waals surface area contributed by atoms with Gasteiger partial charge in [-0.15, -0.1) is 0 Å². The number of morpholine rings is 1. The summed E-state index contributed by atoms with van der Waals surface area (Å²) in [6.07, 6.45) is 0.662. The zero-order valence-corrected chi connectivity index (χ0v) is 19.2. The molecule has 4 rings (SSSR count). The van der Waals surface area contributed by atoms with Gasteiger partial charge in [0.2, 0.25) is 0 Å². The third kappa shape index (κ3) is 4.43. The van der Waals surface area contributed by atoms with Crippen LogP contribution < -0.4 is 0 Å². The number of halogens is 1. The van der Waals surface area contributed by atoms with E-state index in [1.54, 1.807) is 37.7 Å². The number of amides is 1. The van der Waals surface area contributed by atoms with Crippen molar-refractivity contribution in [1.29, 1.82) is 0 Å². The Kier molecular flexibility index (Phi) is 6.62. The summed E-state index contributed by atoms with van der Waals surface area (Å²) in [6, 6.07) is 4.90. The fourth-order valence-electron chi connectivity index (χ4n) is 4.64. The Balaban J connectivity index is 1.71. The zero-order chi connectivity index (χ0) is 23.7. The second kappa shape index (κ2) is 9.44. The van der Waals surface area contributed by atoms with E-state index in [4.69, 9.17) is 4.74 Å². The van der Waals surface area contributed by atoms with Crippen molar-refractivity contribution < 1.29 is 23.8 Å². The van der Waals surface area contributed by atoms with Crippen LogP contribution in [0, 0.1) is 19.7 Å². The summed E-state index contributed by atoms with van der Waals surface area (Å²) in [5, 5.41) is 15.6. The number of hydrogen-bond acceptors (Lipinski definition) is 6. The fraction of sp³-hybridized carbons (Fsp3) is 0.458. The Bertz CT molecular complexity index is 1090. The maximum atomic E-state index is 13.6. The molecule has 0 aliphatic carbocycles. The molecule has 2 aliphatic rings. The van der Waals surface area contributed by atoms with Gasteiger partial charge in [0.25, 0.3) is 11.7 Å². The molecule has 0 saturated carbocycles. The maximum absolute atomic E-state index is 13.6. The number of carbonyl (C=O) groups is 2. The molecule has 1 N–H and O–H groups in total.